The van der Waals surface area contributed by atoms with E-state index < -0.39 is 5.54 Å². The Morgan fingerprint density at radius 1 is 0.889 bits per heavy atom. The van der Waals surface area contributed by atoms with E-state index in [0.717, 1.165) is 48.7 Å². The summed E-state index contributed by atoms with van der Waals surface area (Å²) in [6.45, 7) is 9.16. The third kappa shape index (κ3) is 6.32. The van der Waals surface area contributed by atoms with E-state index in [-0.39, 0.29) is 18.2 Å². The molecule has 0 atom stereocenters. The Labute approximate surface area is 213 Å². The molecule has 1 N–H and O–H groups in total. The number of aryl methyl sites for hydroxylation is 1. The van der Waals surface area contributed by atoms with Gasteiger partial charge in [0.15, 0.2) is 0 Å². The Bertz CT molecular complexity index is 1150. The Balaban J connectivity index is 1.51. The predicted molar refractivity (Wildman–Crippen MR) is 144 cm³/mol. The van der Waals surface area contributed by atoms with E-state index in [0.29, 0.717) is 12.2 Å². The summed E-state index contributed by atoms with van der Waals surface area (Å²) in [6, 6.07) is 25.6. The van der Waals surface area contributed by atoms with Crippen LogP contribution in [0.3, 0.4) is 0 Å². The van der Waals surface area contributed by atoms with Crippen LogP contribution in [0.25, 0.3) is 0 Å². The van der Waals surface area contributed by atoms with Gasteiger partial charge >= 0.3 is 0 Å². The summed E-state index contributed by atoms with van der Waals surface area (Å²) in [4.78, 5) is 31.0. The maximum absolute atomic E-state index is 13.5. The number of ether oxygens (including phenoxy) is 1. The van der Waals surface area contributed by atoms with Gasteiger partial charge in [0, 0.05) is 31.0 Å². The number of carbonyl (C=O) groups is 2. The van der Waals surface area contributed by atoms with Gasteiger partial charge in [0.1, 0.15) is 5.54 Å². The molecule has 1 fully saturated rings. The Kier molecular flexibility index (Phi) is 8.06. The van der Waals surface area contributed by atoms with Gasteiger partial charge in [-0.3, -0.25) is 9.59 Å². The topological polar surface area (TPSA) is 61.9 Å². The molecule has 0 aliphatic carbocycles. The second kappa shape index (κ2) is 11.4. The Morgan fingerprint density at radius 2 is 1.53 bits per heavy atom. The van der Waals surface area contributed by atoms with Crippen molar-refractivity contribution in [3.8, 4) is 0 Å². The lowest BCUT2D eigenvalue weighted by Gasteiger charge is -2.37. The second-order valence-corrected chi connectivity index (χ2v) is 9.79. The number of rotatable bonds is 8. The molecule has 0 bridgehead atoms. The van der Waals surface area contributed by atoms with Crippen molar-refractivity contribution in [1.29, 1.82) is 0 Å². The molecule has 2 amide bonds. The van der Waals surface area contributed by atoms with E-state index in [9.17, 15) is 9.59 Å². The SMILES string of the molecule is Cc1ccc(CN(C(=O)Cc2ccccc2)C(C)(C)C(=O)Nc2ccc(N3CCOCC3)cc2)cc1. The molecule has 6 heteroatoms. The zero-order chi connectivity index (χ0) is 25.5. The number of hydrogen-bond acceptors (Lipinski definition) is 4. The van der Waals surface area contributed by atoms with Crippen LogP contribution in [0.1, 0.15) is 30.5 Å². The number of nitrogens with one attached hydrogen (secondary N) is 1. The van der Waals surface area contributed by atoms with Crippen LogP contribution < -0.4 is 10.2 Å². The molecule has 3 aromatic rings. The van der Waals surface area contributed by atoms with E-state index in [1.165, 1.54) is 0 Å². The number of carbonyl (C=O) groups excluding carboxylic acids is 2. The van der Waals surface area contributed by atoms with Gasteiger partial charge in [-0.25, -0.2) is 0 Å². The summed E-state index contributed by atoms with van der Waals surface area (Å²) in [5, 5.41) is 3.03. The van der Waals surface area contributed by atoms with Crippen LogP contribution in [-0.2, 0) is 27.3 Å². The van der Waals surface area contributed by atoms with Crippen LogP contribution >= 0.6 is 0 Å². The monoisotopic (exact) mass is 485 g/mol. The molecule has 6 nitrogen and oxygen atoms in total. The van der Waals surface area contributed by atoms with Gasteiger partial charge in [-0.15, -0.1) is 0 Å². The van der Waals surface area contributed by atoms with Gasteiger partial charge in [0.2, 0.25) is 11.8 Å². The van der Waals surface area contributed by atoms with Crippen LogP contribution in [0, 0.1) is 6.92 Å². The quantitative estimate of drug-likeness (QED) is 0.497. The minimum atomic E-state index is -1.07. The lowest BCUT2D eigenvalue weighted by Crippen LogP contribution is -2.55. The summed E-state index contributed by atoms with van der Waals surface area (Å²) >= 11 is 0. The highest BCUT2D eigenvalue weighted by Gasteiger charge is 2.38. The molecule has 0 saturated carbocycles. The molecule has 36 heavy (non-hydrogen) atoms. The molecule has 0 unspecified atom stereocenters. The molecule has 0 radical (unpaired) electrons. The third-order valence-corrected chi connectivity index (χ3v) is 6.69. The fourth-order valence-corrected chi connectivity index (χ4v) is 4.32. The van der Waals surface area contributed by atoms with E-state index in [1.807, 2.05) is 99.6 Å². The van der Waals surface area contributed by atoms with E-state index >= 15 is 0 Å². The smallest absolute Gasteiger partial charge is 0.249 e. The molecule has 1 saturated heterocycles. The average Bonchev–Trinajstić information content (AvgIpc) is 2.89. The molecule has 3 aromatic carbocycles. The Morgan fingerprint density at radius 3 is 2.17 bits per heavy atom. The first kappa shape index (κ1) is 25.5. The summed E-state index contributed by atoms with van der Waals surface area (Å²) < 4.78 is 5.43. The van der Waals surface area contributed by atoms with Crippen LogP contribution in [0.15, 0.2) is 78.9 Å². The van der Waals surface area contributed by atoms with Crippen molar-refractivity contribution in [2.45, 2.75) is 39.3 Å². The molecule has 0 aromatic heterocycles. The molecule has 1 aliphatic rings. The van der Waals surface area contributed by atoms with Gasteiger partial charge in [0.05, 0.1) is 19.6 Å². The summed E-state index contributed by atoms with van der Waals surface area (Å²) in [5.74, 6) is -0.320. The predicted octanol–water partition coefficient (Wildman–Crippen LogP) is 4.82. The van der Waals surface area contributed by atoms with Crippen molar-refractivity contribution in [2.24, 2.45) is 0 Å². The van der Waals surface area contributed by atoms with E-state index in [2.05, 4.69) is 10.2 Å². The molecule has 1 heterocycles. The number of anilines is 2. The maximum Gasteiger partial charge on any atom is 0.249 e. The first-order valence-corrected chi connectivity index (χ1v) is 12.5. The van der Waals surface area contributed by atoms with Crippen LogP contribution in [0.5, 0.6) is 0 Å². The van der Waals surface area contributed by atoms with Crippen LogP contribution in [0.2, 0.25) is 0 Å². The number of benzene rings is 3. The van der Waals surface area contributed by atoms with E-state index in [1.54, 1.807) is 4.90 Å². The minimum absolute atomic E-state index is 0.0930. The standard InChI is InChI=1S/C30H35N3O3/c1-23-9-11-25(12-10-23)22-33(28(34)21-24-7-5-4-6-8-24)30(2,3)29(35)31-26-13-15-27(16-14-26)32-17-19-36-20-18-32/h4-16H,17-22H2,1-3H3,(H,31,35). The zero-order valence-corrected chi connectivity index (χ0v) is 21.4. The van der Waals surface area contributed by atoms with Crippen molar-refractivity contribution in [3.63, 3.8) is 0 Å². The fraction of sp³-hybridized carbons (Fsp3) is 0.333. The van der Waals surface area contributed by atoms with Crippen molar-refractivity contribution >= 4 is 23.2 Å². The number of nitrogens with zero attached hydrogens (tertiary/aromatic N) is 2. The Hall–Kier alpha value is -3.64. The molecule has 0 spiro atoms. The van der Waals surface area contributed by atoms with Crippen molar-refractivity contribution in [1.82, 2.24) is 4.90 Å². The molecule has 1 aliphatic heterocycles. The fourth-order valence-electron chi connectivity index (χ4n) is 4.32. The average molecular weight is 486 g/mol. The largest absolute Gasteiger partial charge is 0.378 e. The van der Waals surface area contributed by atoms with Gasteiger partial charge < -0.3 is 19.9 Å². The lowest BCUT2D eigenvalue weighted by atomic mass is 9.98. The van der Waals surface area contributed by atoms with Crippen molar-refractivity contribution in [3.05, 3.63) is 95.6 Å². The van der Waals surface area contributed by atoms with Gasteiger partial charge in [-0.2, -0.15) is 0 Å². The van der Waals surface area contributed by atoms with Crippen LogP contribution in [-0.4, -0.2) is 48.6 Å². The minimum Gasteiger partial charge on any atom is -0.378 e. The highest BCUT2D eigenvalue weighted by Crippen LogP contribution is 2.24. The molecule has 4 rings (SSSR count). The summed E-state index contributed by atoms with van der Waals surface area (Å²) in [7, 11) is 0. The highest BCUT2D eigenvalue weighted by atomic mass is 16.5. The number of amides is 2. The first-order chi connectivity index (χ1) is 17.3. The molecule has 188 valence electrons. The molecular weight excluding hydrogens is 450 g/mol. The lowest BCUT2D eigenvalue weighted by molar-refractivity contribution is -0.144. The van der Waals surface area contributed by atoms with Gasteiger partial charge in [0.25, 0.3) is 0 Å². The van der Waals surface area contributed by atoms with Gasteiger partial charge in [-0.05, 0) is 56.2 Å². The summed E-state index contributed by atoms with van der Waals surface area (Å²) in [5.41, 5.74) is 3.80. The number of hydrogen-bond donors (Lipinski definition) is 1. The van der Waals surface area contributed by atoms with Crippen LogP contribution in [0.4, 0.5) is 11.4 Å². The van der Waals surface area contributed by atoms with Gasteiger partial charge in [-0.1, -0.05) is 60.2 Å². The maximum atomic E-state index is 13.5. The third-order valence-electron chi connectivity index (χ3n) is 6.69. The van der Waals surface area contributed by atoms with Crippen molar-refractivity contribution < 1.29 is 14.3 Å². The summed E-state index contributed by atoms with van der Waals surface area (Å²) in [6.07, 6.45) is 0.234. The first-order valence-electron chi connectivity index (χ1n) is 12.5. The zero-order valence-electron chi connectivity index (χ0n) is 21.4. The van der Waals surface area contributed by atoms with Crippen molar-refractivity contribution in [2.75, 3.05) is 36.5 Å². The highest BCUT2D eigenvalue weighted by molar-refractivity contribution is 6.00. The van der Waals surface area contributed by atoms with E-state index in [4.69, 9.17) is 4.74 Å². The molecular formula is C30H35N3O3. The number of morpholine rings is 1. The second-order valence-electron chi connectivity index (χ2n) is 9.79. The normalized spacial score (nSPS) is 13.8.